The van der Waals surface area contributed by atoms with Gasteiger partial charge in [0.05, 0.1) is 4.88 Å². The molecule has 0 saturated heterocycles. The van der Waals surface area contributed by atoms with Gasteiger partial charge in [0.15, 0.2) is 5.78 Å². The van der Waals surface area contributed by atoms with Crippen molar-refractivity contribution in [1.29, 1.82) is 0 Å². The van der Waals surface area contributed by atoms with Gasteiger partial charge in [-0.1, -0.05) is 25.8 Å². The largest absolute Gasteiger partial charge is 0.294 e. The van der Waals surface area contributed by atoms with Crippen molar-refractivity contribution in [3.8, 4) is 11.1 Å². The summed E-state index contributed by atoms with van der Waals surface area (Å²) in [6, 6.07) is 6.14. The van der Waals surface area contributed by atoms with Gasteiger partial charge in [0.1, 0.15) is 0 Å². The van der Waals surface area contributed by atoms with Crippen LogP contribution in [0, 0.1) is 0 Å². The Bertz CT molecular complexity index is 542. The zero-order valence-electron chi connectivity index (χ0n) is 11.5. The van der Waals surface area contributed by atoms with Crippen LogP contribution in [0.5, 0.6) is 0 Å². The molecule has 0 saturated carbocycles. The van der Waals surface area contributed by atoms with E-state index < -0.39 is 0 Å². The van der Waals surface area contributed by atoms with Crippen LogP contribution in [0.25, 0.3) is 11.1 Å². The number of unbranched alkanes of at least 4 members (excludes halogenated alkanes) is 2. The lowest BCUT2D eigenvalue weighted by atomic mass is 10.1. The Morgan fingerprint density at radius 1 is 1.26 bits per heavy atom. The average molecular weight is 273 g/mol. The molecule has 0 aliphatic rings. The molecule has 0 aliphatic carbocycles. The normalized spacial score (nSPS) is 10.6. The Hall–Kier alpha value is -1.48. The second-order valence-corrected chi connectivity index (χ2v) is 5.66. The second-order valence-electron chi connectivity index (χ2n) is 4.75. The van der Waals surface area contributed by atoms with Crippen molar-refractivity contribution in [1.82, 2.24) is 4.98 Å². The molecule has 0 N–H and O–H groups in total. The number of hydrogen-bond acceptors (Lipinski definition) is 3. The van der Waals surface area contributed by atoms with E-state index in [1.807, 2.05) is 17.6 Å². The fourth-order valence-corrected chi connectivity index (χ4v) is 2.79. The van der Waals surface area contributed by atoms with Gasteiger partial charge in [-0.15, -0.1) is 11.3 Å². The Balaban J connectivity index is 2.06. The summed E-state index contributed by atoms with van der Waals surface area (Å²) in [6.07, 6.45) is 6.66. The van der Waals surface area contributed by atoms with E-state index >= 15 is 0 Å². The van der Waals surface area contributed by atoms with E-state index in [0.717, 1.165) is 28.1 Å². The lowest BCUT2D eigenvalue weighted by Gasteiger charge is -2.01. The number of rotatable bonds is 6. The highest BCUT2D eigenvalue weighted by Crippen LogP contribution is 2.25. The third-order valence-corrected chi connectivity index (χ3v) is 4.17. The van der Waals surface area contributed by atoms with Crippen molar-refractivity contribution in [2.24, 2.45) is 0 Å². The summed E-state index contributed by atoms with van der Waals surface area (Å²) in [7, 11) is 0. The number of hydrogen-bond donors (Lipinski definition) is 0. The Labute approximate surface area is 118 Å². The molecule has 2 nitrogen and oxygen atoms in total. The van der Waals surface area contributed by atoms with Gasteiger partial charge >= 0.3 is 0 Å². The quantitative estimate of drug-likeness (QED) is 0.562. The first-order valence-corrected chi connectivity index (χ1v) is 7.63. The number of carbonyl (C=O) groups excluding carboxylic acids is 1. The number of ketones is 1. The van der Waals surface area contributed by atoms with Gasteiger partial charge in [-0.05, 0) is 42.8 Å². The van der Waals surface area contributed by atoms with Crippen LogP contribution in [0.4, 0.5) is 0 Å². The Kier molecular flexibility index (Phi) is 4.86. The van der Waals surface area contributed by atoms with E-state index in [4.69, 9.17) is 0 Å². The van der Waals surface area contributed by atoms with Crippen molar-refractivity contribution < 1.29 is 4.79 Å². The number of carbonyl (C=O) groups is 1. The molecule has 0 fully saturated rings. The molecule has 0 aliphatic heterocycles. The van der Waals surface area contributed by atoms with Crippen LogP contribution < -0.4 is 0 Å². The summed E-state index contributed by atoms with van der Waals surface area (Å²) in [5.41, 5.74) is 3.32. The van der Waals surface area contributed by atoms with E-state index in [0.29, 0.717) is 0 Å². The van der Waals surface area contributed by atoms with Crippen LogP contribution >= 0.6 is 11.3 Å². The standard InChI is InChI=1S/C16H19NOS/c1-3-4-5-6-15-8-7-13(10-17-15)14-9-16(12(2)18)19-11-14/h7-11H,3-6H2,1-2H3. The molecule has 2 aromatic rings. The second kappa shape index (κ2) is 6.62. The molecular formula is C16H19NOS. The first-order chi connectivity index (χ1) is 9.20. The summed E-state index contributed by atoms with van der Waals surface area (Å²) < 4.78 is 0. The highest BCUT2D eigenvalue weighted by molar-refractivity contribution is 7.12. The molecule has 100 valence electrons. The van der Waals surface area contributed by atoms with Gasteiger partial charge in [-0.3, -0.25) is 9.78 Å². The van der Waals surface area contributed by atoms with Crippen LogP contribution in [-0.4, -0.2) is 10.8 Å². The molecule has 0 unspecified atom stereocenters. The molecule has 0 amide bonds. The molecule has 0 spiro atoms. The summed E-state index contributed by atoms with van der Waals surface area (Å²) in [5, 5.41) is 2.02. The maximum atomic E-state index is 11.3. The monoisotopic (exact) mass is 273 g/mol. The van der Waals surface area contributed by atoms with E-state index in [1.165, 1.54) is 30.6 Å². The lowest BCUT2D eigenvalue weighted by molar-refractivity contribution is 0.102. The van der Waals surface area contributed by atoms with Gasteiger partial charge < -0.3 is 0 Å². The van der Waals surface area contributed by atoms with Gasteiger partial charge in [-0.25, -0.2) is 0 Å². The predicted octanol–water partition coefficient (Wildman–Crippen LogP) is 4.75. The van der Waals surface area contributed by atoms with Gasteiger partial charge in [-0.2, -0.15) is 0 Å². The Morgan fingerprint density at radius 3 is 2.68 bits per heavy atom. The fraction of sp³-hybridized carbons (Fsp3) is 0.375. The van der Waals surface area contributed by atoms with Crippen molar-refractivity contribution >= 4 is 17.1 Å². The number of thiophene rings is 1. The SMILES string of the molecule is CCCCCc1ccc(-c2csc(C(C)=O)c2)cn1. The third-order valence-electron chi connectivity index (χ3n) is 3.14. The summed E-state index contributed by atoms with van der Waals surface area (Å²) in [4.78, 5) is 16.6. The lowest BCUT2D eigenvalue weighted by Crippen LogP contribution is -1.90. The summed E-state index contributed by atoms with van der Waals surface area (Å²) in [6.45, 7) is 3.81. The van der Waals surface area contributed by atoms with E-state index in [9.17, 15) is 4.79 Å². The van der Waals surface area contributed by atoms with E-state index in [1.54, 1.807) is 6.92 Å². The minimum absolute atomic E-state index is 0.125. The number of nitrogens with zero attached hydrogens (tertiary/aromatic N) is 1. The zero-order chi connectivity index (χ0) is 13.7. The van der Waals surface area contributed by atoms with Gasteiger partial charge in [0, 0.05) is 17.5 Å². The molecule has 2 aromatic heterocycles. The van der Waals surface area contributed by atoms with Crippen LogP contribution in [0.1, 0.15) is 48.5 Å². The molecule has 0 atom stereocenters. The van der Waals surface area contributed by atoms with Crippen molar-refractivity contribution in [3.63, 3.8) is 0 Å². The smallest absolute Gasteiger partial charge is 0.169 e. The highest BCUT2D eigenvalue weighted by atomic mass is 32.1. The maximum absolute atomic E-state index is 11.3. The number of aromatic nitrogens is 1. The topological polar surface area (TPSA) is 30.0 Å². The van der Waals surface area contributed by atoms with Crippen molar-refractivity contribution in [3.05, 3.63) is 40.3 Å². The predicted molar refractivity (Wildman–Crippen MR) is 80.8 cm³/mol. The van der Waals surface area contributed by atoms with E-state index in [-0.39, 0.29) is 5.78 Å². The van der Waals surface area contributed by atoms with Gasteiger partial charge in [0.2, 0.25) is 0 Å². The molecular weight excluding hydrogens is 254 g/mol. The molecule has 2 rings (SSSR count). The molecule has 3 heteroatoms. The third kappa shape index (κ3) is 3.74. The molecule has 0 aromatic carbocycles. The van der Waals surface area contributed by atoms with Gasteiger partial charge in [0.25, 0.3) is 0 Å². The van der Waals surface area contributed by atoms with E-state index in [2.05, 4.69) is 24.0 Å². The van der Waals surface area contributed by atoms with Crippen molar-refractivity contribution in [2.45, 2.75) is 39.5 Å². The molecule has 0 bridgehead atoms. The van der Waals surface area contributed by atoms with Crippen LogP contribution in [-0.2, 0) is 6.42 Å². The van der Waals surface area contributed by atoms with Crippen LogP contribution in [0.2, 0.25) is 0 Å². The number of Topliss-reactive ketones (excluding diaryl/α,β-unsaturated/α-hetero) is 1. The number of aryl methyl sites for hydroxylation is 1. The molecule has 2 heterocycles. The molecule has 0 radical (unpaired) electrons. The summed E-state index contributed by atoms with van der Waals surface area (Å²) >= 11 is 1.50. The maximum Gasteiger partial charge on any atom is 0.169 e. The highest BCUT2D eigenvalue weighted by Gasteiger charge is 2.06. The fourth-order valence-electron chi connectivity index (χ4n) is 1.97. The van der Waals surface area contributed by atoms with Crippen LogP contribution in [0.15, 0.2) is 29.8 Å². The first kappa shape index (κ1) is 13.9. The van der Waals surface area contributed by atoms with Crippen molar-refractivity contribution in [2.75, 3.05) is 0 Å². The summed E-state index contributed by atoms with van der Waals surface area (Å²) in [5.74, 6) is 0.125. The zero-order valence-corrected chi connectivity index (χ0v) is 12.3. The van der Waals surface area contributed by atoms with Crippen LogP contribution in [0.3, 0.4) is 0 Å². The Morgan fingerprint density at radius 2 is 2.11 bits per heavy atom. The number of pyridine rings is 1. The minimum Gasteiger partial charge on any atom is -0.294 e. The minimum atomic E-state index is 0.125. The molecule has 19 heavy (non-hydrogen) atoms. The average Bonchev–Trinajstić information content (AvgIpc) is 2.90. The first-order valence-electron chi connectivity index (χ1n) is 6.75.